The number of hydrogen-bond acceptors (Lipinski definition) is 4. The van der Waals surface area contributed by atoms with E-state index in [1.807, 2.05) is 30.3 Å². The van der Waals surface area contributed by atoms with Crippen molar-refractivity contribution in [3.8, 4) is 0 Å². The molecule has 33 heavy (non-hydrogen) atoms. The van der Waals surface area contributed by atoms with Crippen LogP contribution in [0, 0.1) is 5.82 Å². The second-order valence-corrected chi connectivity index (χ2v) is 7.66. The predicted octanol–water partition coefficient (Wildman–Crippen LogP) is 4.20. The number of carbonyl (C=O) groups is 3. The summed E-state index contributed by atoms with van der Waals surface area (Å²) in [5.41, 5.74) is 2.50. The van der Waals surface area contributed by atoms with Crippen LogP contribution in [0.4, 0.5) is 15.8 Å². The van der Waals surface area contributed by atoms with Crippen molar-refractivity contribution < 1.29 is 18.8 Å². The highest BCUT2D eigenvalue weighted by Gasteiger charge is 2.41. The number of benzene rings is 3. The average Bonchev–Trinajstić information content (AvgIpc) is 3.05. The van der Waals surface area contributed by atoms with E-state index < -0.39 is 17.6 Å². The molecule has 3 aromatic carbocycles. The number of amides is 3. The van der Waals surface area contributed by atoms with Crippen molar-refractivity contribution in [1.29, 1.82) is 0 Å². The minimum absolute atomic E-state index is 0.177. The highest BCUT2D eigenvalue weighted by Crippen LogP contribution is 2.34. The molecule has 0 saturated heterocycles. The van der Waals surface area contributed by atoms with Crippen LogP contribution in [0.25, 0.3) is 5.57 Å². The number of anilines is 2. The van der Waals surface area contributed by atoms with Crippen molar-refractivity contribution in [3.05, 3.63) is 102 Å². The molecule has 1 aliphatic rings. The van der Waals surface area contributed by atoms with Gasteiger partial charge >= 0.3 is 0 Å². The zero-order chi connectivity index (χ0) is 23.5. The van der Waals surface area contributed by atoms with Crippen LogP contribution in [0.2, 0.25) is 0 Å². The van der Waals surface area contributed by atoms with E-state index in [0.29, 0.717) is 11.3 Å². The largest absolute Gasteiger partial charge is 0.339 e. The first-order valence-corrected chi connectivity index (χ1v) is 10.4. The van der Waals surface area contributed by atoms with Gasteiger partial charge in [0.2, 0.25) is 5.91 Å². The Morgan fingerprint density at radius 2 is 1.55 bits per heavy atom. The number of hydrogen-bond donors (Lipinski definition) is 1. The molecule has 0 radical (unpaired) electrons. The Bertz CT molecular complexity index is 1250. The van der Waals surface area contributed by atoms with Crippen LogP contribution in [0.15, 0.2) is 84.6 Å². The molecule has 0 bridgehead atoms. The lowest BCUT2D eigenvalue weighted by Gasteiger charge is -2.21. The molecule has 0 aromatic heterocycles. The lowest BCUT2D eigenvalue weighted by Crippen LogP contribution is -2.34. The number of para-hydroxylation sites is 1. The molecule has 3 amide bonds. The number of rotatable bonds is 6. The summed E-state index contributed by atoms with van der Waals surface area (Å²) in [6, 6.07) is 22.0. The summed E-state index contributed by atoms with van der Waals surface area (Å²) in [5.74, 6) is -1.71. The molecule has 7 heteroatoms. The minimum atomic E-state index is -0.506. The first-order chi connectivity index (χ1) is 15.9. The Balaban J connectivity index is 1.77. The third-order valence-corrected chi connectivity index (χ3v) is 5.40. The third-order valence-electron chi connectivity index (χ3n) is 5.40. The van der Waals surface area contributed by atoms with E-state index in [1.54, 1.807) is 54.4 Å². The molecule has 4 rings (SSSR count). The molecule has 0 aliphatic carbocycles. The fourth-order valence-electron chi connectivity index (χ4n) is 3.78. The van der Waals surface area contributed by atoms with Crippen LogP contribution >= 0.6 is 0 Å². The molecule has 1 heterocycles. The number of likely N-dealkylation sites (N-methyl/N-ethyl adjacent to an activating group) is 1. The molecule has 3 aromatic rings. The van der Waals surface area contributed by atoms with Gasteiger partial charge in [0, 0.05) is 30.9 Å². The summed E-state index contributed by atoms with van der Waals surface area (Å²) >= 11 is 0. The van der Waals surface area contributed by atoms with Gasteiger partial charge in [0.25, 0.3) is 11.8 Å². The van der Waals surface area contributed by atoms with Crippen molar-refractivity contribution >= 4 is 34.7 Å². The number of nitrogens with zero attached hydrogens (tertiary/aromatic N) is 2. The van der Waals surface area contributed by atoms with Gasteiger partial charge < -0.3 is 10.2 Å². The van der Waals surface area contributed by atoms with Crippen LogP contribution in [-0.4, -0.2) is 29.7 Å². The van der Waals surface area contributed by atoms with E-state index in [9.17, 15) is 18.8 Å². The Morgan fingerprint density at radius 3 is 2.18 bits per heavy atom. The van der Waals surface area contributed by atoms with Crippen LogP contribution in [0.5, 0.6) is 0 Å². The highest BCUT2D eigenvalue weighted by atomic mass is 19.1. The number of imide groups is 1. The van der Waals surface area contributed by atoms with Gasteiger partial charge in [-0.05, 0) is 35.9 Å². The maximum atomic E-state index is 14.3. The van der Waals surface area contributed by atoms with E-state index >= 15 is 0 Å². The number of nitrogens with one attached hydrogen (secondary N) is 1. The van der Waals surface area contributed by atoms with E-state index in [1.165, 1.54) is 13.0 Å². The highest BCUT2D eigenvalue weighted by molar-refractivity contribution is 6.36. The molecule has 1 N–H and O–H groups in total. The van der Waals surface area contributed by atoms with Crippen molar-refractivity contribution in [2.24, 2.45) is 0 Å². The number of halogens is 1. The molecule has 0 saturated carbocycles. The molecule has 0 unspecified atom stereocenters. The van der Waals surface area contributed by atoms with Crippen molar-refractivity contribution in [2.75, 3.05) is 17.3 Å². The molecule has 1 aliphatic heterocycles. The van der Waals surface area contributed by atoms with E-state index in [0.717, 1.165) is 10.6 Å². The lowest BCUT2D eigenvalue weighted by molar-refractivity contribution is -0.137. The van der Waals surface area contributed by atoms with Gasteiger partial charge in [-0.2, -0.15) is 0 Å². The molecule has 0 spiro atoms. The normalized spacial score (nSPS) is 13.5. The topological polar surface area (TPSA) is 69.7 Å². The van der Waals surface area contributed by atoms with Crippen LogP contribution in [0.3, 0.4) is 0 Å². The first-order valence-electron chi connectivity index (χ1n) is 10.4. The van der Waals surface area contributed by atoms with Gasteiger partial charge in [0.15, 0.2) is 0 Å². The van der Waals surface area contributed by atoms with Crippen LogP contribution in [-0.2, 0) is 20.9 Å². The second-order valence-electron chi connectivity index (χ2n) is 7.66. The molecule has 0 atom stereocenters. The van der Waals surface area contributed by atoms with Gasteiger partial charge in [-0.3, -0.25) is 19.3 Å². The van der Waals surface area contributed by atoms with Gasteiger partial charge in [-0.15, -0.1) is 0 Å². The summed E-state index contributed by atoms with van der Waals surface area (Å²) in [4.78, 5) is 41.0. The Hall–Kier alpha value is -4.26. The van der Waals surface area contributed by atoms with Crippen LogP contribution in [0.1, 0.15) is 18.1 Å². The second kappa shape index (κ2) is 9.08. The maximum Gasteiger partial charge on any atom is 0.278 e. The minimum Gasteiger partial charge on any atom is -0.339 e. The average molecular weight is 443 g/mol. The summed E-state index contributed by atoms with van der Waals surface area (Å²) < 4.78 is 14.3. The first kappa shape index (κ1) is 22.0. The standard InChI is InChI=1S/C26H22FN3O3/c1-17(31)28-20-14-12-18(13-15-20)23-24(29(2)21-9-4-3-5-10-21)26(33)30(25(23)32)16-19-8-6-7-11-22(19)27/h3-15H,16H2,1-2H3,(H,28,31). The SMILES string of the molecule is CC(=O)Nc1ccc(C2=C(N(C)c3ccccc3)C(=O)N(Cc3ccccc3F)C2=O)cc1. The zero-order valence-electron chi connectivity index (χ0n) is 18.2. The quantitative estimate of drug-likeness (QED) is 0.580. The van der Waals surface area contributed by atoms with E-state index in [4.69, 9.17) is 0 Å². The molecule has 0 fully saturated rings. The molecular formula is C26H22FN3O3. The fraction of sp³-hybridized carbons (Fsp3) is 0.115. The van der Waals surface area contributed by atoms with Crippen molar-refractivity contribution in [2.45, 2.75) is 13.5 Å². The molecule has 6 nitrogen and oxygen atoms in total. The summed E-state index contributed by atoms with van der Waals surface area (Å²) in [6.45, 7) is 1.23. The van der Waals surface area contributed by atoms with E-state index in [2.05, 4.69) is 5.32 Å². The lowest BCUT2D eigenvalue weighted by atomic mass is 10.0. The predicted molar refractivity (Wildman–Crippen MR) is 124 cm³/mol. The molecule has 166 valence electrons. The van der Waals surface area contributed by atoms with Crippen LogP contribution < -0.4 is 10.2 Å². The summed E-state index contributed by atoms with van der Waals surface area (Å²) in [5, 5.41) is 2.68. The Kier molecular flexibility index (Phi) is 6.04. The smallest absolute Gasteiger partial charge is 0.278 e. The maximum absolute atomic E-state index is 14.3. The van der Waals surface area contributed by atoms with Gasteiger partial charge in [-0.1, -0.05) is 48.5 Å². The van der Waals surface area contributed by atoms with Gasteiger partial charge in [0.05, 0.1) is 12.1 Å². The fourth-order valence-corrected chi connectivity index (χ4v) is 3.78. The molecular weight excluding hydrogens is 421 g/mol. The third kappa shape index (κ3) is 4.39. The van der Waals surface area contributed by atoms with Gasteiger partial charge in [-0.25, -0.2) is 4.39 Å². The van der Waals surface area contributed by atoms with Crippen molar-refractivity contribution in [3.63, 3.8) is 0 Å². The number of carbonyl (C=O) groups excluding carboxylic acids is 3. The Morgan fingerprint density at radius 1 is 0.909 bits per heavy atom. The summed E-state index contributed by atoms with van der Waals surface area (Å²) in [6.07, 6.45) is 0. The van der Waals surface area contributed by atoms with E-state index in [-0.39, 0.29) is 29.3 Å². The summed E-state index contributed by atoms with van der Waals surface area (Å²) in [7, 11) is 1.72. The van der Waals surface area contributed by atoms with Gasteiger partial charge in [0.1, 0.15) is 11.5 Å². The monoisotopic (exact) mass is 443 g/mol. The van der Waals surface area contributed by atoms with Crippen molar-refractivity contribution in [1.82, 2.24) is 4.90 Å². The Labute approximate surface area is 190 Å². The zero-order valence-corrected chi connectivity index (χ0v) is 18.2.